The Bertz CT molecular complexity index is 616. The molecule has 1 saturated heterocycles. The second-order valence-corrected chi connectivity index (χ2v) is 6.25. The first-order chi connectivity index (χ1) is 10.6. The number of aromatic nitrogens is 2. The molecule has 1 aromatic heterocycles. The van der Waals surface area contributed by atoms with E-state index in [9.17, 15) is 0 Å². The zero-order chi connectivity index (χ0) is 15.5. The van der Waals surface area contributed by atoms with Gasteiger partial charge in [-0.15, -0.1) is 0 Å². The fourth-order valence-corrected chi connectivity index (χ4v) is 3.06. The monoisotopic (exact) mass is 296 g/mol. The second-order valence-electron chi connectivity index (χ2n) is 6.25. The van der Waals surface area contributed by atoms with Crippen molar-refractivity contribution in [1.82, 2.24) is 9.97 Å². The third-order valence-electron chi connectivity index (χ3n) is 4.30. The van der Waals surface area contributed by atoms with E-state index in [0.29, 0.717) is 5.92 Å². The topological polar surface area (TPSA) is 32.3 Å². The summed E-state index contributed by atoms with van der Waals surface area (Å²) >= 11 is 0. The van der Waals surface area contributed by atoms with Crippen LogP contribution in [0.2, 0.25) is 0 Å². The van der Waals surface area contributed by atoms with Gasteiger partial charge in [-0.05, 0) is 24.5 Å². The van der Waals surface area contributed by atoms with Gasteiger partial charge in [-0.25, -0.2) is 4.98 Å². The summed E-state index contributed by atoms with van der Waals surface area (Å²) in [5.41, 5.74) is 4.18. The van der Waals surface area contributed by atoms with E-state index < -0.39 is 0 Å². The van der Waals surface area contributed by atoms with E-state index >= 15 is 0 Å². The maximum Gasteiger partial charge on any atom is 0.147 e. The van der Waals surface area contributed by atoms with Gasteiger partial charge >= 0.3 is 0 Å². The van der Waals surface area contributed by atoms with Crippen molar-refractivity contribution in [2.45, 2.75) is 26.7 Å². The molecular formula is C18H24N4. The Kier molecular flexibility index (Phi) is 4.27. The van der Waals surface area contributed by atoms with Gasteiger partial charge in [-0.1, -0.05) is 31.5 Å². The van der Waals surface area contributed by atoms with E-state index in [1.54, 1.807) is 12.4 Å². The molecule has 22 heavy (non-hydrogen) atoms. The molecule has 0 atom stereocenters. The number of hydrogen-bond donors (Lipinski definition) is 0. The summed E-state index contributed by atoms with van der Waals surface area (Å²) in [5, 5.41) is 0. The van der Waals surface area contributed by atoms with Crippen LogP contribution in [0.25, 0.3) is 0 Å². The molecule has 0 bridgehead atoms. The largest absolute Gasteiger partial charge is 0.368 e. The molecule has 1 fully saturated rings. The maximum atomic E-state index is 4.40. The lowest BCUT2D eigenvalue weighted by molar-refractivity contribution is 0.642. The van der Waals surface area contributed by atoms with Gasteiger partial charge in [0.05, 0.1) is 6.20 Å². The van der Waals surface area contributed by atoms with Gasteiger partial charge in [0, 0.05) is 44.3 Å². The molecule has 116 valence electrons. The molecular weight excluding hydrogens is 272 g/mol. The molecule has 0 N–H and O–H groups in total. The quantitative estimate of drug-likeness (QED) is 0.870. The lowest BCUT2D eigenvalue weighted by Crippen LogP contribution is -2.47. The Morgan fingerprint density at radius 2 is 1.73 bits per heavy atom. The van der Waals surface area contributed by atoms with Crippen LogP contribution in [0.3, 0.4) is 0 Å². The highest BCUT2D eigenvalue weighted by molar-refractivity contribution is 5.57. The van der Waals surface area contributed by atoms with E-state index in [4.69, 9.17) is 0 Å². The molecule has 0 saturated carbocycles. The average Bonchev–Trinajstić information content (AvgIpc) is 2.56. The average molecular weight is 296 g/mol. The van der Waals surface area contributed by atoms with Crippen LogP contribution in [-0.4, -0.2) is 36.1 Å². The molecule has 1 aliphatic heterocycles. The van der Waals surface area contributed by atoms with Crippen LogP contribution in [0.5, 0.6) is 0 Å². The van der Waals surface area contributed by atoms with Crippen molar-refractivity contribution in [3.8, 4) is 0 Å². The van der Waals surface area contributed by atoms with E-state index in [2.05, 4.69) is 58.7 Å². The third kappa shape index (κ3) is 3.06. The standard InChI is InChI=1S/C18H24N4/c1-14(2)16-12-15(3)4-5-17(16)21-8-10-22(11-9-21)18-13-19-6-7-20-18/h4-7,12-14H,8-11H2,1-3H3. The zero-order valence-corrected chi connectivity index (χ0v) is 13.7. The molecule has 0 aliphatic carbocycles. The summed E-state index contributed by atoms with van der Waals surface area (Å²) in [7, 11) is 0. The molecule has 0 unspecified atom stereocenters. The first-order valence-corrected chi connectivity index (χ1v) is 8.01. The van der Waals surface area contributed by atoms with Gasteiger partial charge < -0.3 is 9.80 Å². The van der Waals surface area contributed by atoms with Crippen molar-refractivity contribution >= 4 is 11.5 Å². The number of aryl methyl sites for hydroxylation is 1. The Balaban J connectivity index is 1.74. The van der Waals surface area contributed by atoms with Crippen LogP contribution < -0.4 is 9.80 Å². The van der Waals surface area contributed by atoms with Crippen molar-refractivity contribution < 1.29 is 0 Å². The molecule has 1 aromatic carbocycles. The number of rotatable bonds is 3. The number of hydrogen-bond acceptors (Lipinski definition) is 4. The summed E-state index contributed by atoms with van der Waals surface area (Å²) in [5.74, 6) is 1.53. The summed E-state index contributed by atoms with van der Waals surface area (Å²) in [6.07, 6.45) is 5.33. The SMILES string of the molecule is Cc1ccc(N2CCN(c3cnccn3)CC2)c(C(C)C)c1. The third-order valence-corrected chi connectivity index (χ3v) is 4.30. The predicted molar refractivity (Wildman–Crippen MR) is 91.7 cm³/mol. The molecule has 1 aliphatic rings. The van der Waals surface area contributed by atoms with Crippen LogP contribution in [0.1, 0.15) is 30.9 Å². The fourth-order valence-electron chi connectivity index (χ4n) is 3.06. The number of benzene rings is 1. The lowest BCUT2D eigenvalue weighted by Gasteiger charge is -2.38. The van der Waals surface area contributed by atoms with Crippen molar-refractivity contribution in [1.29, 1.82) is 0 Å². The van der Waals surface area contributed by atoms with Gasteiger partial charge in [-0.3, -0.25) is 4.98 Å². The Labute approximate surface area is 132 Å². The Morgan fingerprint density at radius 3 is 2.36 bits per heavy atom. The van der Waals surface area contributed by atoms with E-state index in [1.807, 2.05) is 6.20 Å². The fraction of sp³-hybridized carbons (Fsp3) is 0.444. The van der Waals surface area contributed by atoms with Crippen LogP contribution in [-0.2, 0) is 0 Å². The molecule has 2 heterocycles. The van der Waals surface area contributed by atoms with Crippen molar-refractivity contribution in [3.63, 3.8) is 0 Å². The lowest BCUT2D eigenvalue weighted by atomic mass is 9.98. The normalized spacial score (nSPS) is 15.5. The molecule has 0 amide bonds. The van der Waals surface area contributed by atoms with E-state index in [0.717, 1.165) is 32.0 Å². The van der Waals surface area contributed by atoms with Crippen LogP contribution in [0.15, 0.2) is 36.8 Å². The van der Waals surface area contributed by atoms with Gasteiger partial charge in [0.25, 0.3) is 0 Å². The second kappa shape index (κ2) is 6.34. The minimum atomic E-state index is 0.549. The number of nitrogens with zero attached hydrogens (tertiary/aromatic N) is 4. The Hall–Kier alpha value is -2.10. The van der Waals surface area contributed by atoms with Crippen molar-refractivity contribution in [3.05, 3.63) is 47.9 Å². The molecule has 2 aromatic rings. The van der Waals surface area contributed by atoms with Crippen LogP contribution >= 0.6 is 0 Å². The molecule has 3 rings (SSSR count). The summed E-state index contributed by atoms with van der Waals surface area (Å²) in [6, 6.07) is 6.83. The Morgan fingerprint density at radius 1 is 1.00 bits per heavy atom. The first-order valence-electron chi connectivity index (χ1n) is 8.01. The molecule has 0 radical (unpaired) electrons. The zero-order valence-electron chi connectivity index (χ0n) is 13.7. The van der Waals surface area contributed by atoms with Gasteiger partial charge in [0.15, 0.2) is 0 Å². The first kappa shape index (κ1) is 14.8. The number of anilines is 2. The predicted octanol–water partition coefficient (Wildman–Crippen LogP) is 3.24. The number of piperazine rings is 1. The smallest absolute Gasteiger partial charge is 0.147 e. The van der Waals surface area contributed by atoms with Gasteiger partial charge in [0.2, 0.25) is 0 Å². The van der Waals surface area contributed by atoms with Crippen LogP contribution in [0.4, 0.5) is 11.5 Å². The van der Waals surface area contributed by atoms with Gasteiger partial charge in [0.1, 0.15) is 5.82 Å². The van der Waals surface area contributed by atoms with E-state index in [-0.39, 0.29) is 0 Å². The highest BCUT2D eigenvalue weighted by atomic mass is 15.3. The summed E-state index contributed by atoms with van der Waals surface area (Å²) in [6.45, 7) is 10.7. The summed E-state index contributed by atoms with van der Waals surface area (Å²) < 4.78 is 0. The highest BCUT2D eigenvalue weighted by Gasteiger charge is 2.20. The molecule has 0 spiro atoms. The minimum Gasteiger partial charge on any atom is -0.368 e. The van der Waals surface area contributed by atoms with Gasteiger partial charge in [-0.2, -0.15) is 0 Å². The highest BCUT2D eigenvalue weighted by Crippen LogP contribution is 2.29. The molecule has 4 heteroatoms. The van der Waals surface area contributed by atoms with Crippen LogP contribution in [0, 0.1) is 6.92 Å². The van der Waals surface area contributed by atoms with Crippen molar-refractivity contribution in [2.75, 3.05) is 36.0 Å². The molecule has 4 nitrogen and oxygen atoms in total. The minimum absolute atomic E-state index is 0.549. The summed E-state index contributed by atoms with van der Waals surface area (Å²) in [4.78, 5) is 13.4. The maximum absolute atomic E-state index is 4.40. The van der Waals surface area contributed by atoms with Crippen molar-refractivity contribution in [2.24, 2.45) is 0 Å². The van der Waals surface area contributed by atoms with E-state index in [1.165, 1.54) is 16.8 Å².